The second kappa shape index (κ2) is 11.2. The summed E-state index contributed by atoms with van der Waals surface area (Å²) >= 11 is 1.39. The van der Waals surface area contributed by atoms with E-state index in [1.54, 1.807) is 6.92 Å². The van der Waals surface area contributed by atoms with Crippen molar-refractivity contribution in [3.05, 3.63) is 22.3 Å². The molecule has 1 saturated heterocycles. The molecule has 34 heavy (non-hydrogen) atoms. The first-order valence-electron chi connectivity index (χ1n) is 11.9. The number of alkyl halides is 2. The third-order valence-corrected chi connectivity index (χ3v) is 7.27. The minimum Gasteiger partial charge on any atom is -0.464 e. The lowest BCUT2D eigenvalue weighted by atomic mass is 9.92. The number of hydrogen-bond acceptors (Lipinski definition) is 9. The van der Waals surface area contributed by atoms with Gasteiger partial charge in [-0.15, -0.1) is 0 Å². The van der Waals surface area contributed by atoms with Gasteiger partial charge in [0, 0.05) is 51.2 Å². The molecule has 8 nitrogen and oxygen atoms in total. The first-order valence-corrected chi connectivity index (χ1v) is 12.7. The highest BCUT2D eigenvalue weighted by atomic mass is 32.1. The zero-order chi connectivity index (χ0) is 24.1. The van der Waals surface area contributed by atoms with Crippen LogP contribution >= 0.6 is 11.3 Å². The van der Waals surface area contributed by atoms with E-state index < -0.39 is 12.5 Å². The fourth-order valence-corrected chi connectivity index (χ4v) is 5.36. The number of carbonyl (C=O) groups excluding carboxylic acids is 1. The topological polar surface area (TPSA) is 90.6 Å². The van der Waals surface area contributed by atoms with Crippen molar-refractivity contribution in [1.82, 2.24) is 20.0 Å². The van der Waals surface area contributed by atoms with Gasteiger partial charge in [-0.1, -0.05) is 16.5 Å². The van der Waals surface area contributed by atoms with E-state index in [0.29, 0.717) is 29.9 Å². The van der Waals surface area contributed by atoms with Crippen LogP contribution < -0.4 is 4.74 Å². The molecule has 1 fully saturated rings. The molecule has 2 aliphatic rings. The summed E-state index contributed by atoms with van der Waals surface area (Å²) in [5.74, 6) is -1.56. The molecule has 188 valence electrons. The van der Waals surface area contributed by atoms with E-state index in [-0.39, 0.29) is 24.2 Å². The number of hydrogen-bond donors (Lipinski definition) is 0. The molecule has 0 saturated carbocycles. The Balaban J connectivity index is 1.13. The summed E-state index contributed by atoms with van der Waals surface area (Å²) in [7, 11) is 0. The second-order valence-electron chi connectivity index (χ2n) is 9.39. The van der Waals surface area contributed by atoms with Crippen LogP contribution in [0.25, 0.3) is 0 Å². The number of aryl methyl sites for hydroxylation is 1. The van der Waals surface area contributed by atoms with Gasteiger partial charge in [0.2, 0.25) is 5.89 Å². The number of fused-ring (bicyclic) bond motifs is 1. The van der Waals surface area contributed by atoms with Crippen LogP contribution in [0.5, 0.6) is 5.19 Å². The molecule has 4 rings (SSSR count). The number of thiazole rings is 1. The van der Waals surface area contributed by atoms with Crippen LogP contribution in [-0.2, 0) is 28.8 Å². The van der Waals surface area contributed by atoms with Crippen molar-refractivity contribution >= 4 is 17.1 Å². The maximum Gasteiger partial charge on any atom is 0.278 e. The molecule has 0 aromatic carbocycles. The van der Waals surface area contributed by atoms with Crippen molar-refractivity contribution in [2.75, 3.05) is 32.8 Å². The molecule has 11 heteroatoms. The molecule has 0 spiro atoms. The minimum atomic E-state index is -2.86. The summed E-state index contributed by atoms with van der Waals surface area (Å²) in [6.45, 7) is 5.29. The molecule has 0 amide bonds. The molecule has 2 aromatic rings. The summed E-state index contributed by atoms with van der Waals surface area (Å²) in [5.41, 5.74) is 0.972. The summed E-state index contributed by atoms with van der Waals surface area (Å²) in [4.78, 5) is 24.4. The molecule has 4 heterocycles. The molecular formula is C23H32F2N4O4S. The maximum atomic E-state index is 13.0. The lowest BCUT2D eigenvalue weighted by molar-refractivity contribution is -0.121. The largest absolute Gasteiger partial charge is 0.464 e. The SMILES string of the molecule is Cc1nc(CC(=O)CC2CCC(CCN3CCc4nc(OCC(C)(F)F)sc4CC3)OC2)no1. The zero-order valence-electron chi connectivity index (χ0n) is 19.7. The van der Waals surface area contributed by atoms with Gasteiger partial charge in [-0.05, 0) is 31.6 Å². The number of Topliss-reactive ketones (excluding diaryl/α,β-unsaturated/α-hetero) is 1. The Kier molecular flexibility index (Phi) is 8.26. The van der Waals surface area contributed by atoms with Gasteiger partial charge in [0.05, 0.1) is 24.8 Å². The van der Waals surface area contributed by atoms with Crippen LogP contribution in [0.1, 0.15) is 54.9 Å². The van der Waals surface area contributed by atoms with Gasteiger partial charge >= 0.3 is 0 Å². The number of ketones is 1. The summed E-state index contributed by atoms with van der Waals surface area (Å²) in [5, 5.41) is 4.13. The molecule has 2 atom stereocenters. The number of aromatic nitrogens is 3. The molecule has 2 aromatic heterocycles. The van der Waals surface area contributed by atoms with E-state index in [0.717, 1.165) is 69.2 Å². The minimum absolute atomic E-state index is 0.121. The smallest absolute Gasteiger partial charge is 0.278 e. The van der Waals surface area contributed by atoms with Crippen molar-refractivity contribution in [3.63, 3.8) is 0 Å². The highest BCUT2D eigenvalue weighted by Gasteiger charge is 2.27. The lowest BCUT2D eigenvalue weighted by Gasteiger charge is -2.30. The van der Waals surface area contributed by atoms with Crippen LogP contribution in [-0.4, -0.2) is 70.7 Å². The Labute approximate surface area is 202 Å². The number of nitrogens with zero attached hydrogens (tertiary/aromatic N) is 4. The third kappa shape index (κ3) is 7.51. The zero-order valence-corrected chi connectivity index (χ0v) is 20.5. The van der Waals surface area contributed by atoms with Gasteiger partial charge in [0.25, 0.3) is 11.1 Å². The van der Waals surface area contributed by atoms with Crippen molar-refractivity contribution in [2.45, 2.75) is 70.8 Å². The van der Waals surface area contributed by atoms with Crippen molar-refractivity contribution in [1.29, 1.82) is 0 Å². The van der Waals surface area contributed by atoms with Gasteiger partial charge in [-0.25, -0.2) is 13.8 Å². The Morgan fingerprint density at radius 1 is 1.26 bits per heavy atom. The third-order valence-electron chi connectivity index (χ3n) is 6.20. The normalized spacial score (nSPS) is 21.8. The van der Waals surface area contributed by atoms with Crippen LogP contribution in [0, 0.1) is 12.8 Å². The Morgan fingerprint density at radius 2 is 2.09 bits per heavy atom. The first-order chi connectivity index (χ1) is 16.2. The number of rotatable bonds is 10. The van der Waals surface area contributed by atoms with Crippen LogP contribution in [0.3, 0.4) is 0 Å². The monoisotopic (exact) mass is 498 g/mol. The highest BCUT2D eigenvalue weighted by Crippen LogP contribution is 2.30. The van der Waals surface area contributed by atoms with E-state index in [9.17, 15) is 13.6 Å². The number of halogens is 2. The van der Waals surface area contributed by atoms with Crippen LogP contribution in [0.15, 0.2) is 4.52 Å². The Bertz CT molecular complexity index is 928. The molecule has 2 aliphatic heterocycles. The van der Waals surface area contributed by atoms with Gasteiger partial charge in [0.15, 0.2) is 12.4 Å². The van der Waals surface area contributed by atoms with E-state index in [1.807, 2.05) is 0 Å². The Hall–Kier alpha value is -1.98. The fraction of sp³-hybridized carbons (Fsp3) is 0.739. The quantitative estimate of drug-likeness (QED) is 0.490. The molecule has 2 unspecified atom stereocenters. The molecule has 0 N–H and O–H groups in total. The van der Waals surface area contributed by atoms with Gasteiger partial charge in [-0.3, -0.25) is 4.79 Å². The predicted molar refractivity (Wildman–Crippen MR) is 122 cm³/mol. The molecular weight excluding hydrogens is 466 g/mol. The summed E-state index contributed by atoms with van der Waals surface area (Å²) in [6.07, 6.45) is 5.49. The van der Waals surface area contributed by atoms with Crippen LogP contribution in [0.2, 0.25) is 0 Å². The van der Waals surface area contributed by atoms with E-state index in [4.69, 9.17) is 14.0 Å². The van der Waals surface area contributed by atoms with Crippen molar-refractivity contribution in [2.24, 2.45) is 5.92 Å². The lowest BCUT2D eigenvalue weighted by Crippen LogP contribution is -2.33. The van der Waals surface area contributed by atoms with Gasteiger partial charge in [0.1, 0.15) is 5.78 Å². The summed E-state index contributed by atoms with van der Waals surface area (Å²) < 4.78 is 42.2. The molecule has 0 aliphatic carbocycles. The predicted octanol–water partition coefficient (Wildman–Crippen LogP) is 3.66. The van der Waals surface area contributed by atoms with Crippen LogP contribution in [0.4, 0.5) is 8.78 Å². The van der Waals surface area contributed by atoms with Crippen molar-refractivity contribution < 1.29 is 27.6 Å². The van der Waals surface area contributed by atoms with E-state index in [1.165, 1.54) is 11.3 Å². The van der Waals surface area contributed by atoms with Crippen molar-refractivity contribution in [3.8, 4) is 5.19 Å². The van der Waals surface area contributed by atoms with Gasteiger partial charge < -0.3 is 18.9 Å². The van der Waals surface area contributed by atoms with E-state index in [2.05, 4.69) is 20.0 Å². The average molecular weight is 499 g/mol. The fourth-order valence-electron chi connectivity index (χ4n) is 4.42. The number of ether oxygens (including phenoxy) is 2. The second-order valence-corrected chi connectivity index (χ2v) is 10.4. The maximum absolute atomic E-state index is 13.0. The number of carbonyl (C=O) groups is 1. The van der Waals surface area contributed by atoms with Gasteiger partial charge in [-0.2, -0.15) is 4.98 Å². The van der Waals surface area contributed by atoms with E-state index >= 15 is 0 Å². The molecule has 0 bridgehead atoms. The summed E-state index contributed by atoms with van der Waals surface area (Å²) in [6, 6.07) is 0. The highest BCUT2D eigenvalue weighted by molar-refractivity contribution is 7.13. The Morgan fingerprint density at radius 3 is 2.79 bits per heavy atom. The average Bonchev–Trinajstić information content (AvgIpc) is 3.32. The first kappa shape index (κ1) is 25.1. The molecule has 0 radical (unpaired) electrons. The standard InChI is InChI=1S/C23H32F2N4O4S/c1-15-26-21(28-33-15)12-17(30)11-16-3-4-18(31-13-16)5-8-29-9-6-19-20(7-10-29)34-22(27-19)32-14-23(2,24)25/h16,18H,3-14H2,1-2H3.